The maximum absolute atomic E-state index is 13.0. The largest absolute Gasteiger partial charge is 0.495 e. The van der Waals surface area contributed by atoms with E-state index in [0.29, 0.717) is 31.9 Å². The topological polar surface area (TPSA) is 75.6 Å². The third-order valence-electron chi connectivity index (χ3n) is 4.67. The van der Waals surface area contributed by atoms with Crippen LogP contribution in [0.5, 0.6) is 5.75 Å². The van der Waals surface area contributed by atoms with Crippen LogP contribution in [0.1, 0.15) is 0 Å². The van der Waals surface area contributed by atoms with Crippen molar-refractivity contribution in [1.82, 2.24) is 14.5 Å². The first-order chi connectivity index (χ1) is 13.6. The molecule has 7 nitrogen and oxygen atoms in total. The molecule has 0 unspecified atom stereocenters. The smallest absolute Gasteiger partial charge is 0.246 e. The van der Waals surface area contributed by atoms with Crippen LogP contribution in [0.25, 0.3) is 10.6 Å². The van der Waals surface area contributed by atoms with E-state index in [-0.39, 0.29) is 4.90 Å². The zero-order valence-corrected chi connectivity index (χ0v) is 17.0. The molecule has 0 N–H and O–H groups in total. The van der Waals surface area contributed by atoms with Gasteiger partial charge in [0.25, 0.3) is 0 Å². The van der Waals surface area contributed by atoms with Gasteiger partial charge in [0, 0.05) is 26.2 Å². The Labute approximate surface area is 168 Å². The van der Waals surface area contributed by atoms with Gasteiger partial charge in [-0.3, -0.25) is 0 Å². The molecule has 9 heteroatoms. The van der Waals surface area contributed by atoms with Crippen LogP contribution in [0.3, 0.4) is 0 Å². The minimum atomic E-state index is -3.60. The van der Waals surface area contributed by atoms with Crippen LogP contribution in [-0.4, -0.2) is 56.2 Å². The normalized spacial score (nSPS) is 15.5. The number of aromatic nitrogens is 2. The van der Waals surface area contributed by atoms with Crippen LogP contribution >= 0.6 is 11.3 Å². The molecule has 0 amide bonds. The Hall–Kier alpha value is -2.49. The molecule has 2 aromatic heterocycles. The highest BCUT2D eigenvalue weighted by atomic mass is 32.2. The highest BCUT2D eigenvalue weighted by Crippen LogP contribution is 2.28. The van der Waals surface area contributed by atoms with E-state index in [1.165, 1.54) is 11.4 Å². The van der Waals surface area contributed by atoms with Crippen molar-refractivity contribution in [3.8, 4) is 16.3 Å². The lowest BCUT2D eigenvalue weighted by atomic mass is 10.3. The third-order valence-corrected chi connectivity index (χ3v) is 7.50. The van der Waals surface area contributed by atoms with Crippen LogP contribution in [0.15, 0.2) is 58.8 Å². The van der Waals surface area contributed by atoms with Crippen molar-refractivity contribution in [1.29, 1.82) is 0 Å². The Balaban J connectivity index is 1.46. The summed E-state index contributed by atoms with van der Waals surface area (Å²) in [4.78, 5) is 3.33. The van der Waals surface area contributed by atoms with Gasteiger partial charge in [0.15, 0.2) is 5.82 Å². The molecule has 1 saturated heterocycles. The van der Waals surface area contributed by atoms with E-state index >= 15 is 0 Å². The second-order valence-corrected chi connectivity index (χ2v) is 9.15. The fraction of sp³-hybridized carbons (Fsp3) is 0.263. The van der Waals surface area contributed by atoms with Gasteiger partial charge in [-0.15, -0.1) is 21.5 Å². The van der Waals surface area contributed by atoms with Gasteiger partial charge in [0.2, 0.25) is 10.0 Å². The summed E-state index contributed by atoms with van der Waals surface area (Å²) >= 11 is 1.62. The van der Waals surface area contributed by atoms with E-state index in [1.807, 2.05) is 29.6 Å². The van der Waals surface area contributed by atoms with E-state index in [1.54, 1.807) is 35.6 Å². The predicted molar refractivity (Wildman–Crippen MR) is 109 cm³/mol. The maximum atomic E-state index is 13.0. The number of methoxy groups -OCH3 is 1. The van der Waals surface area contributed by atoms with Crippen molar-refractivity contribution in [2.45, 2.75) is 4.90 Å². The molecule has 0 aliphatic carbocycles. The monoisotopic (exact) mass is 416 g/mol. The number of para-hydroxylation sites is 1. The molecule has 0 bridgehead atoms. The van der Waals surface area contributed by atoms with Crippen molar-refractivity contribution in [3.05, 3.63) is 53.9 Å². The lowest BCUT2D eigenvalue weighted by molar-refractivity contribution is 0.373. The number of ether oxygens (including phenoxy) is 1. The number of benzene rings is 1. The van der Waals surface area contributed by atoms with Crippen LogP contribution in [-0.2, 0) is 10.0 Å². The fourth-order valence-corrected chi connectivity index (χ4v) is 5.45. The van der Waals surface area contributed by atoms with Gasteiger partial charge in [0.05, 0.1) is 12.0 Å². The molecule has 1 aliphatic heterocycles. The standard InChI is InChI=1S/C19H20N4O3S2/c1-26-16-5-2-3-7-18(16)28(24,25)23-12-10-22(11-13-23)19-9-8-15(20-21-19)17-6-4-14-27-17/h2-9,14H,10-13H2,1H3. The average Bonchev–Trinajstić information content (AvgIpc) is 3.29. The molecule has 1 aromatic carbocycles. The Morgan fingerprint density at radius 2 is 1.75 bits per heavy atom. The number of piperazine rings is 1. The summed E-state index contributed by atoms with van der Waals surface area (Å²) in [5.41, 5.74) is 0.844. The minimum Gasteiger partial charge on any atom is -0.495 e. The fourth-order valence-electron chi connectivity index (χ4n) is 3.18. The highest BCUT2D eigenvalue weighted by molar-refractivity contribution is 7.89. The third kappa shape index (κ3) is 3.60. The van der Waals surface area contributed by atoms with Crippen molar-refractivity contribution in [2.24, 2.45) is 0 Å². The van der Waals surface area contributed by atoms with Gasteiger partial charge in [-0.25, -0.2) is 8.42 Å². The van der Waals surface area contributed by atoms with Crippen LogP contribution in [0.4, 0.5) is 5.82 Å². The Bertz CT molecular complexity index is 1030. The molecule has 28 heavy (non-hydrogen) atoms. The number of sulfonamides is 1. The number of hydrogen-bond donors (Lipinski definition) is 0. The van der Waals surface area contributed by atoms with Gasteiger partial charge in [-0.1, -0.05) is 18.2 Å². The first-order valence-electron chi connectivity index (χ1n) is 8.85. The summed E-state index contributed by atoms with van der Waals surface area (Å²) in [7, 11) is -2.12. The number of nitrogens with zero attached hydrogens (tertiary/aromatic N) is 4. The van der Waals surface area contributed by atoms with Gasteiger partial charge < -0.3 is 9.64 Å². The first-order valence-corrected chi connectivity index (χ1v) is 11.2. The van der Waals surface area contributed by atoms with Crippen molar-refractivity contribution in [3.63, 3.8) is 0 Å². The SMILES string of the molecule is COc1ccccc1S(=O)(=O)N1CCN(c2ccc(-c3cccs3)nn2)CC1. The molecule has 3 aromatic rings. The van der Waals surface area contributed by atoms with Crippen LogP contribution in [0.2, 0.25) is 0 Å². The van der Waals surface area contributed by atoms with Gasteiger partial charge in [0.1, 0.15) is 16.3 Å². The van der Waals surface area contributed by atoms with E-state index in [9.17, 15) is 8.42 Å². The summed E-state index contributed by atoms with van der Waals surface area (Å²) in [5, 5.41) is 10.6. The number of rotatable bonds is 5. The average molecular weight is 417 g/mol. The van der Waals surface area contributed by atoms with Crippen LogP contribution in [0, 0.1) is 0 Å². The van der Waals surface area contributed by atoms with E-state index in [4.69, 9.17) is 4.74 Å². The zero-order valence-electron chi connectivity index (χ0n) is 15.4. The molecular formula is C19H20N4O3S2. The molecule has 146 valence electrons. The van der Waals surface area contributed by atoms with E-state index in [0.717, 1.165) is 16.4 Å². The lowest BCUT2D eigenvalue weighted by Gasteiger charge is -2.34. The van der Waals surface area contributed by atoms with Crippen molar-refractivity contribution >= 4 is 27.2 Å². The molecule has 0 spiro atoms. The Morgan fingerprint density at radius 1 is 0.964 bits per heavy atom. The molecular weight excluding hydrogens is 396 g/mol. The molecule has 0 atom stereocenters. The molecule has 0 saturated carbocycles. The molecule has 1 fully saturated rings. The number of thiophene rings is 1. The Kier molecular flexibility index (Phi) is 5.29. The van der Waals surface area contributed by atoms with Crippen molar-refractivity contribution < 1.29 is 13.2 Å². The van der Waals surface area contributed by atoms with E-state index in [2.05, 4.69) is 15.1 Å². The first kappa shape index (κ1) is 18.9. The summed E-state index contributed by atoms with van der Waals surface area (Å²) in [5.74, 6) is 1.12. The molecule has 0 radical (unpaired) electrons. The second kappa shape index (κ2) is 7.86. The number of hydrogen-bond acceptors (Lipinski definition) is 7. The van der Waals surface area contributed by atoms with Gasteiger partial charge >= 0.3 is 0 Å². The van der Waals surface area contributed by atoms with E-state index < -0.39 is 10.0 Å². The summed E-state index contributed by atoms with van der Waals surface area (Å²) in [6, 6.07) is 14.6. The quantitative estimate of drug-likeness (QED) is 0.637. The summed E-state index contributed by atoms with van der Waals surface area (Å²) < 4.78 is 32.7. The van der Waals surface area contributed by atoms with Crippen molar-refractivity contribution in [2.75, 3.05) is 38.2 Å². The highest BCUT2D eigenvalue weighted by Gasteiger charge is 2.31. The molecule has 3 heterocycles. The van der Waals surface area contributed by atoms with Crippen LogP contribution < -0.4 is 9.64 Å². The minimum absolute atomic E-state index is 0.200. The summed E-state index contributed by atoms with van der Waals surface area (Å²) in [6.07, 6.45) is 0. The summed E-state index contributed by atoms with van der Waals surface area (Å²) in [6.45, 7) is 1.88. The maximum Gasteiger partial charge on any atom is 0.246 e. The predicted octanol–water partition coefficient (Wildman–Crippen LogP) is 2.72. The molecule has 1 aliphatic rings. The molecule has 4 rings (SSSR count). The number of anilines is 1. The van der Waals surface area contributed by atoms with Gasteiger partial charge in [-0.05, 0) is 35.7 Å². The second-order valence-electron chi connectivity index (χ2n) is 6.30. The zero-order chi connectivity index (χ0) is 19.6. The lowest BCUT2D eigenvalue weighted by Crippen LogP contribution is -2.49. The Morgan fingerprint density at radius 3 is 2.39 bits per heavy atom. The van der Waals surface area contributed by atoms with Gasteiger partial charge in [-0.2, -0.15) is 4.31 Å².